The summed E-state index contributed by atoms with van der Waals surface area (Å²) in [5.41, 5.74) is 0.311. The molecular formula is C11H24N2O. The molecule has 0 radical (unpaired) electrons. The third-order valence-electron chi connectivity index (χ3n) is 3.12. The Bertz CT molecular complexity index is 157. The molecule has 0 aromatic carbocycles. The van der Waals surface area contributed by atoms with Gasteiger partial charge in [-0.05, 0) is 46.3 Å². The predicted molar refractivity (Wildman–Crippen MR) is 59.6 cm³/mol. The Kier molecular flexibility index (Phi) is 4.85. The first-order valence-corrected chi connectivity index (χ1v) is 5.61. The molecule has 0 atom stereocenters. The van der Waals surface area contributed by atoms with Gasteiger partial charge in [-0.3, -0.25) is 4.90 Å². The molecule has 0 aromatic rings. The fourth-order valence-electron chi connectivity index (χ4n) is 1.99. The molecule has 1 aliphatic heterocycles. The van der Waals surface area contributed by atoms with E-state index in [0.717, 1.165) is 26.2 Å². The standard InChI is InChI=1S/C11H24N2O/c1-11(2)5-7-12-6-4-8-13(11)9-10-14-3/h12H,4-10H2,1-3H3. The van der Waals surface area contributed by atoms with Gasteiger partial charge in [0.05, 0.1) is 6.61 Å². The number of ether oxygens (including phenoxy) is 1. The molecule has 0 amide bonds. The Labute approximate surface area is 87.8 Å². The lowest BCUT2D eigenvalue weighted by Gasteiger charge is -2.40. The summed E-state index contributed by atoms with van der Waals surface area (Å²) in [7, 11) is 1.78. The zero-order valence-corrected chi connectivity index (χ0v) is 9.81. The molecule has 1 fully saturated rings. The van der Waals surface area contributed by atoms with Gasteiger partial charge in [-0.2, -0.15) is 0 Å². The van der Waals surface area contributed by atoms with Crippen molar-refractivity contribution < 1.29 is 4.74 Å². The highest BCUT2D eigenvalue weighted by molar-refractivity contribution is 4.83. The Hall–Kier alpha value is -0.120. The summed E-state index contributed by atoms with van der Waals surface area (Å²) < 4.78 is 5.15. The van der Waals surface area contributed by atoms with Crippen LogP contribution in [0.25, 0.3) is 0 Å². The van der Waals surface area contributed by atoms with Gasteiger partial charge in [0.25, 0.3) is 0 Å². The molecule has 1 heterocycles. The molecule has 0 unspecified atom stereocenters. The minimum absolute atomic E-state index is 0.311. The molecule has 14 heavy (non-hydrogen) atoms. The average Bonchev–Trinajstić information content (AvgIpc) is 2.12. The van der Waals surface area contributed by atoms with Gasteiger partial charge >= 0.3 is 0 Å². The van der Waals surface area contributed by atoms with Crippen LogP contribution in [0.4, 0.5) is 0 Å². The zero-order chi connectivity index (χ0) is 10.4. The second-order valence-corrected chi connectivity index (χ2v) is 4.65. The fourth-order valence-corrected chi connectivity index (χ4v) is 1.99. The predicted octanol–water partition coefficient (Wildman–Crippen LogP) is 1.10. The van der Waals surface area contributed by atoms with Crippen molar-refractivity contribution in [3.8, 4) is 0 Å². The lowest BCUT2D eigenvalue weighted by atomic mass is 9.96. The van der Waals surface area contributed by atoms with E-state index in [2.05, 4.69) is 24.1 Å². The van der Waals surface area contributed by atoms with Gasteiger partial charge in [0.1, 0.15) is 0 Å². The highest BCUT2D eigenvalue weighted by atomic mass is 16.5. The summed E-state index contributed by atoms with van der Waals surface area (Å²) in [5, 5.41) is 3.46. The molecule has 0 aliphatic carbocycles. The van der Waals surface area contributed by atoms with Crippen molar-refractivity contribution in [2.24, 2.45) is 0 Å². The molecule has 0 saturated carbocycles. The Morgan fingerprint density at radius 2 is 2.14 bits per heavy atom. The van der Waals surface area contributed by atoms with Gasteiger partial charge in [0.2, 0.25) is 0 Å². The molecule has 1 saturated heterocycles. The first-order valence-electron chi connectivity index (χ1n) is 5.61. The van der Waals surface area contributed by atoms with Gasteiger partial charge in [-0.25, -0.2) is 0 Å². The Balaban J connectivity index is 2.46. The molecule has 3 nitrogen and oxygen atoms in total. The van der Waals surface area contributed by atoms with Gasteiger partial charge in [0, 0.05) is 19.2 Å². The van der Waals surface area contributed by atoms with Crippen LogP contribution < -0.4 is 5.32 Å². The van der Waals surface area contributed by atoms with Crippen LogP contribution in [0.3, 0.4) is 0 Å². The van der Waals surface area contributed by atoms with E-state index >= 15 is 0 Å². The summed E-state index contributed by atoms with van der Waals surface area (Å²) in [4.78, 5) is 2.55. The molecule has 1 aliphatic rings. The van der Waals surface area contributed by atoms with E-state index < -0.39 is 0 Å². The van der Waals surface area contributed by atoms with Crippen molar-refractivity contribution in [2.45, 2.75) is 32.2 Å². The van der Waals surface area contributed by atoms with Crippen LogP contribution in [0.15, 0.2) is 0 Å². The van der Waals surface area contributed by atoms with Crippen molar-refractivity contribution in [1.82, 2.24) is 10.2 Å². The number of hydrogen-bond donors (Lipinski definition) is 1. The van der Waals surface area contributed by atoms with E-state index in [-0.39, 0.29) is 0 Å². The van der Waals surface area contributed by atoms with Crippen LogP contribution in [0.5, 0.6) is 0 Å². The van der Waals surface area contributed by atoms with E-state index in [1.807, 2.05) is 0 Å². The number of rotatable bonds is 3. The molecule has 0 spiro atoms. The normalized spacial score (nSPS) is 24.2. The van der Waals surface area contributed by atoms with Crippen LogP contribution in [-0.4, -0.2) is 50.3 Å². The minimum Gasteiger partial charge on any atom is -0.383 e. The summed E-state index contributed by atoms with van der Waals surface area (Å²) in [6.07, 6.45) is 2.46. The minimum atomic E-state index is 0.311. The van der Waals surface area contributed by atoms with E-state index in [1.165, 1.54) is 19.4 Å². The zero-order valence-electron chi connectivity index (χ0n) is 9.81. The molecular weight excluding hydrogens is 176 g/mol. The summed E-state index contributed by atoms with van der Waals surface area (Å²) in [6, 6.07) is 0. The van der Waals surface area contributed by atoms with E-state index in [4.69, 9.17) is 4.74 Å². The van der Waals surface area contributed by atoms with Crippen molar-refractivity contribution in [3.05, 3.63) is 0 Å². The maximum absolute atomic E-state index is 5.15. The summed E-state index contributed by atoms with van der Waals surface area (Å²) in [5.74, 6) is 0. The topological polar surface area (TPSA) is 24.5 Å². The Morgan fingerprint density at radius 3 is 2.86 bits per heavy atom. The Morgan fingerprint density at radius 1 is 1.36 bits per heavy atom. The van der Waals surface area contributed by atoms with Gasteiger partial charge in [-0.1, -0.05) is 0 Å². The molecule has 1 rings (SSSR count). The monoisotopic (exact) mass is 200 g/mol. The lowest BCUT2D eigenvalue weighted by molar-refractivity contribution is 0.0651. The van der Waals surface area contributed by atoms with Crippen LogP contribution in [-0.2, 0) is 4.74 Å². The van der Waals surface area contributed by atoms with Crippen LogP contribution in [0.2, 0.25) is 0 Å². The van der Waals surface area contributed by atoms with E-state index in [9.17, 15) is 0 Å². The van der Waals surface area contributed by atoms with Gasteiger partial charge < -0.3 is 10.1 Å². The second-order valence-electron chi connectivity index (χ2n) is 4.65. The SMILES string of the molecule is COCCN1CCCNCCC1(C)C. The third kappa shape index (κ3) is 3.56. The first kappa shape index (κ1) is 12.0. The van der Waals surface area contributed by atoms with Crippen molar-refractivity contribution in [1.29, 1.82) is 0 Å². The van der Waals surface area contributed by atoms with E-state index in [0.29, 0.717) is 5.54 Å². The number of methoxy groups -OCH3 is 1. The van der Waals surface area contributed by atoms with Crippen LogP contribution >= 0.6 is 0 Å². The first-order chi connectivity index (χ1) is 6.67. The third-order valence-corrected chi connectivity index (χ3v) is 3.12. The number of nitrogens with one attached hydrogen (secondary N) is 1. The van der Waals surface area contributed by atoms with E-state index in [1.54, 1.807) is 7.11 Å². The number of nitrogens with zero attached hydrogens (tertiary/aromatic N) is 1. The second kappa shape index (κ2) is 5.69. The summed E-state index contributed by atoms with van der Waals surface area (Å²) >= 11 is 0. The largest absolute Gasteiger partial charge is 0.383 e. The van der Waals surface area contributed by atoms with Gasteiger partial charge in [0.15, 0.2) is 0 Å². The van der Waals surface area contributed by atoms with Gasteiger partial charge in [-0.15, -0.1) is 0 Å². The van der Waals surface area contributed by atoms with Crippen molar-refractivity contribution in [2.75, 3.05) is 39.9 Å². The molecule has 0 bridgehead atoms. The van der Waals surface area contributed by atoms with Crippen molar-refractivity contribution >= 4 is 0 Å². The maximum Gasteiger partial charge on any atom is 0.0589 e. The van der Waals surface area contributed by atoms with Crippen molar-refractivity contribution in [3.63, 3.8) is 0 Å². The lowest BCUT2D eigenvalue weighted by Crippen LogP contribution is -2.49. The fraction of sp³-hybridized carbons (Fsp3) is 1.00. The highest BCUT2D eigenvalue weighted by Crippen LogP contribution is 2.19. The maximum atomic E-state index is 5.15. The molecule has 3 heteroatoms. The summed E-state index contributed by atoms with van der Waals surface area (Å²) in [6.45, 7) is 10.0. The average molecular weight is 200 g/mol. The highest BCUT2D eigenvalue weighted by Gasteiger charge is 2.26. The molecule has 1 N–H and O–H groups in total. The quantitative estimate of drug-likeness (QED) is 0.738. The van der Waals surface area contributed by atoms with Crippen LogP contribution in [0.1, 0.15) is 26.7 Å². The number of hydrogen-bond acceptors (Lipinski definition) is 3. The van der Waals surface area contributed by atoms with Crippen LogP contribution in [0, 0.1) is 0 Å². The molecule has 84 valence electrons. The smallest absolute Gasteiger partial charge is 0.0589 e. The molecule has 0 aromatic heterocycles.